The zero-order valence-corrected chi connectivity index (χ0v) is 11.3. The van der Waals surface area contributed by atoms with Gasteiger partial charge in [-0.25, -0.2) is 4.79 Å². The molecule has 1 aromatic heterocycles. The van der Waals surface area contributed by atoms with E-state index in [-0.39, 0.29) is 11.7 Å². The van der Waals surface area contributed by atoms with E-state index in [1.165, 1.54) is 0 Å². The lowest BCUT2D eigenvalue weighted by atomic mass is 9.91. The van der Waals surface area contributed by atoms with Gasteiger partial charge in [0.05, 0.1) is 6.10 Å². The van der Waals surface area contributed by atoms with Crippen LogP contribution in [0.5, 0.6) is 0 Å². The minimum atomic E-state index is -0.960. The van der Waals surface area contributed by atoms with Gasteiger partial charge < -0.3 is 14.3 Å². The summed E-state index contributed by atoms with van der Waals surface area (Å²) in [7, 11) is 1.61. The first-order chi connectivity index (χ1) is 9.72. The monoisotopic (exact) mass is 272 g/mol. The molecule has 20 heavy (non-hydrogen) atoms. The first kappa shape index (κ1) is 12.9. The molecule has 0 saturated heterocycles. The Balaban J connectivity index is 2.22. The maximum atomic E-state index is 11.7. The predicted octanol–water partition coefficient (Wildman–Crippen LogP) is 3.67. The summed E-state index contributed by atoms with van der Waals surface area (Å²) < 4.78 is 11.3. The highest BCUT2D eigenvalue weighted by molar-refractivity contribution is 5.96. The van der Waals surface area contributed by atoms with E-state index < -0.39 is 5.97 Å². The molecule has 4 nitrogen and oxygen atoms in total. The Labute approximate surface area is 117 Å². The van der Waals surface area contributed by atoms with Gasteiger partial charge in [-0.3, -0.25) is 0 Å². The number of methoxy groups -OCH3 is 1. The van der Waals surface area contributed by atoms with Gasteiger partial charge in [-0.05, 0) is 12.8 Å². The van der Waals surface area contributed by atoms with E-state index in [1.54, 1.807) is 7.11 Å². The Bertz CT molecular complexity index is 627. The van der Waals surface area contributed by atoms with E-state index in [9.17, 15) is 9.90 Å². The number of rotatable bonds is 3. The second-order valence-electron chi connectivity index (χ2n) is 4.93. The van der Waals surface area contributed by atoms with Gasteiger partial charge in [-0.2, -0.15) is 0 Å². The topological polar surface area (TPSA) is 59.7 Å². The van der Waals surface area contributed by atoms with Gasteiger partial charge in [0, 0.05) is 24.7 Å². The van der Waals surface area contributed by atoms with Crippen molar-refractivity contribution in [1.29, 1.82) is 0 Å². The zero-order chi connectivity index (χ0) is 14.1. The van der Waals surface area contributed by atoms with Gasteiger partial charge in [0.15, 0.2) is 0 Å². The van der Waals surface area contributed by atoms with E-state index in [0.29, 0.717) is 11.3 Å². The highest BCUT2D eigenvalue weighted by atomic mass is 16.5. The molecule has 0 aliphatic heterocycles. The van der Waals surface area contributed by atoms with Crippen molar-refractivity contribution in [2.24, 2.45) is 0 Å². The first-order valence-corrected chi connectivity index (χ1v) is 6.69. The van der Waals surface area contributed by atoms with E-state index in [2.05, 4.69) is 0 Å². The van der Waals surface area contributed by atoms with Crippen molar-refractivity contribution in [3.8, 4) is 11.3 Å². The average Bonchev–Trinajstić information content (AvgIpc) is 2.87. The summed E-state index contributed by atoms with van der Waals surface area (Å²) in [6, 6.07) is 9.36. The standard InChI is InChI=1S/C16H16O4/c1-19-11-8-5-9-12-13(11)14(16(17)18)15(20-12)10-6-3-2-4-7-10/h2-4,6-7,11H,5,8-9H2,1H3,(H,17,18)/t11-/m1/s1. The number of furan rings is 1. The molecule has 0 unspecified atom stereocenters. The molecule has 0 spiro atoms. The lowest BCUT2D eigenvalue weighted by Gasteiger charge is -2.20. The van der Waals surface area contributed by atoms with E-state index >= 15 is 0 Å². The maximum Gasteiger partial charge on any atom is 0.340 e. The summed E-state index contributed by atoms with van der Waals surface area (Å²) in [4.78, 5) is 11.7. The molecule has 1 aliphatic carbocycles. The Kier molecular flexibility index (Phi) is 3.32. The highest BCUT2D eigenvalue weighted by Gasteiger charge is 2.33. The van der Waals surface area contributed by atoms with Crippen molar-refractivity contribution in [3.63, 3.8) is 0 Å². The van der Waals surface area contributed by atoms with Crippen LogP contribution in [0.2, 0.25) is 0 Å². The molecule has 3 rings (SSSR count). The first-order valence-electron chi connectivity index (χ1n) is 6.69. The second kappa shape index (κ2) is 5.13. The predicted molar refractivity (Wildman–Crippen MR) is 73.8 cm³/mol. The minimum absolute atomic E-state index is 0.189. The second-order valence-corrected chi connectivity index (χ2v) is 4.93. The van der Waals surface area contributed by atoms with Gasteiger partial charge in [-0.1, -0.05) is 30.3 Å². The highest BCUT2D eigenvalue weighted by Crippen LogP contribution is 2.41. The molecule has 2 aromatic rings. The average molecular weight is 272 g/mol. The van der Waals surface area contributed by atoms with Gasteiger partial charge in [-0.15, -0.1) is 0 Å². The number of carboxylic acids is 1. The van der Waals surface area contributed by atoms with Crippen molar-refractivity contribution in [2.45, 2.75) is 25.4 Å². The zero-order valence-electron chi connectivity index (χ0n) is 11.3. The molecule has 4 heteroatoms. The van der Waals surface area contributed by atoms with Crippen molar-refractivity contribution >= 4 is 5.97 Å². The van der Waals surface area contributed by atoms with Gasteiger partial charge in [0.1, 0.15) is 17.1 Å². The molecule has 0 saturated carbocycles. The maximum absolute atomic E-state index is 11.7. The Morgan fingerprint density at radius 1 is 1.35 bits per heavy atom. The molecular formula is C16H16O4. The van der Waals surface area contributed by atoms with Crippen LogP contribution in [-0.4, -0.2) is 18.2 Å². The molecule has 1 aromatic carbocycles. The fraction of sp³-hybridized carbons (Fsp3) is 0.312. The van der Waals surface area contributed by atoms with Crippen LogP contribution in [0.25, 0.3) is 11.3 Å². The van der Waals surface area contributed by atoms with E-state index in [1.807, 2.05) is 30.3 Å². The Morgan fingerprint density at radius 3 is 2.75 bits per heavy atom. The van der Waals surface area contributed by atoms with Crippen molar-refractivity contribution in [1.82, 2.24) is 0 Å². The van der Waals surface area contributed by atoms with Crippen LogP contribution in [0, 0.1) is 0 Å². The van der Waals surface area contributed by atoms with Gasteiger partial charge in [0.2, 0.25) is 0 Å². The van der Waals surface area contributed by atoms with E-state index in [0.717, 1.165) is 30.6 Å². The van der Waals surface area contributed by atoms with Crippen molar-refractivity contribution in [2.75, 3.05) is 7.11 Å². The smallest absolute Gasteiger partial charge is 0.340 e. The molecule has 1 N–H and O–H groups in total. The van der Waals surface area contributed by atoms with Crippen LogP contribution in [0.1, 0.15) is 40.6 Å². The van der Waals surface area contributed by atoms with Crippen LogP contribution >= 0.6 is 0 Å². The summed E-state index contributed by atoms with van der Waals surface area (Å²) in [6.07, 6.45) is 2.36. The van der Waals surface area contributed by atoms with Crippen LogP contribution < -0.4 is 0 Å². The Morgan fingerprint density at radius 2 is 2.10 bits per heavy atom. The number of carboxylic acid groups (broad SMARTS) is 1. The fourth-order valence-electron chi connectivity index (χ4n) is 2.85. The third-order valence-electron chi connectivity index (χ3n) is 3.75. The number of fused-ring (bicyclic) bond motifs is 1. The molecule has 1 atom stereocenters. The lowest BCUT2D eigenvalue weighted by molar-refractivity contribution is 0.0665. The number of carbonyl (C=O) groups is 1. The van der Waals surface area contributed by atoms with Crippen molar-refractivity contribution in [3.05, 3.63) is 47.2 Å². The number of hydrogen-bond acceptors (Lipinski definition) is 3. The van der Waals surface area contributed by atoms with Crippen LogP contribution in [0.15, 0.2) is 34.7 Å². The number of aryl methyl sites for hydroxylation is 1. The lowest BCUT2D eigenvalue weighted by Crippen LogP contribution is -2.13. The van der Waals surface area contributed by atoms with Crippen LogP contribution in [-0.2, 0) is 11.2 Å². The largest absolute Gasteiger partial charge is 0.478 e. The normalized spacial score (nSPS) is 17.8. The number of ether oxygens (including phenoxy) is 1. The number of benzene rings is 1. The van der Waals surface area contributed by atoms with Gasteiger partial charge in [0.25, 0.3) is 0 Å². The third kappa shape index (κ3) is 2.02. The molecule has 104 valence electrons. The Hall–Kier alpha value is -2.07. The molecule has 1 aliphatic rings. The van der Waals surface area contributed by atoms with Crippen LogP contribution in [0.4, 0.5) is 0 Å². The van der Waals surface area contributed by atoms with Gasteiger partial charge >= 0.3 is 5.97 Å². The number of aromatic carboxylic acids is 1. The quantitative estimate of drug-likeness (QED) is 0.926. The fourth-order valence-corrected chi connectivity index (χ4v) is 2.85. The molecule has 0 bridgehead atoms. The SMILES string of the molecule is CO[C@@H]1CCCc2oc(-c3ccccc3)c(C(=O)O)c21. The summed E-state index contributed by atoms with van der Waals surface area (Å²) in [5.41, 5.74) is 1.75. The van der Waals surface area contributed by atoms with E-state index in [4.69, 9.17) is 9.15 Å². The molecular weight excluding hydrogens is 256 g/mol. The third-order valence-corrected chi connectivity index (χ3v) is 3.75. The molecule has 0 radical (unpaired) electrons. The molecule has 1 heterocycles. The summed E-state index contributed by atoms with van der Waals surface area (Å²) in [6.45, 7) is 0. The van der Waals surface area contributed by atoms with Crippen LogP contribution in [0.3, 0.4) is 0 Å². The van der Waals surface area contributed by atoms with Crippen molar-refractivity contribution < 1.29 is 19.1 Å². The summed E-state index contributed by atoms with van der Waals surface area (Å²) in [5.74, 6) is 0.226. The molecule has 0 fully saturated rings. The summed E-state index contributed by atoms with van der Waals surface area (Å²) >= 11 is 0. The number of hydrogen-bond donors (Lipinski definition) is 1. The molecule has 0 amide bonds. The minimum Gasteiger partial charge on any atom is -0.478 e. The summed E-state index contributed by atoms with van der Waals surface area (Å²) in [5, 5.41) is 9.57.